The summed E-state index contributed by atoms with van der Waals surface area (Å²) in [6.07, 6.45) is 4.50. The van der Waals surface area contributed by atoms with Crippen LogP contribution in [-0.2, 0) is 4.74 Å². The second-order valence-electron chi connectivity index (χ2n) is 7.60. The molecule has 3 fully saturated rings. The Morgan fingerprint density at radius 2 is 2.07 bits per heavy atom. The molecule has 8 nitrogen and oxygen atoms in total. The van der Waals surface area contributed by atoms with Crippen LogP contribution in [-0.4, -0.2) is 70.6 Å². The fourth-order valence-corrected chi connectivity index (χ4v) is 4.69. The van der Waals surface area contributed by atoms with Gasteiger partial charge in [-0.2, -0.15) is 4.98 Å². The molecule has 4 heterocycles. The van der Waals surface area contributed by atoms with Crippen LogP contribution in [0.3, 0.4) is 0 Å². The highest BCUT2D eigenvalue weighted by Crippen LogP contribution is 2.36. The molecule has 9 heteroatoms. The van der Waals surface area contributed by atoms with Crippen molar-refractivity contribution in [3.63, 3.8) is 0 Å². The Labute approximate surface area is 163 Å². The number of piperidine rings is 2. The van der Waals surface area contributed by atoms with Gasteiger partial charge in [0, 0.05) is 37.7 Å². The lowest BCUT2D eigenvalue weighted by atomic mass is 9.81. The van der Waals surface area contributed by atoms with Crippen molar-refractivity contribution in [1.82, 2.24) is 14.9 Å². The van der Waals surface area contributed by atoms with Crippen molar-refractivity contribution in [2.75, 3.05) is 25.2 Å². The quantitative estimate of drug-likeness (QED) is 0.783. The van der Waals surface area contributed by atoms with Crippen molar-refractivity contribution in [2.24, 2.45) is 0 Å². The summed E-state index contributed by atoms with van der Waals surface area (Å²) in [6, 6.07) is 1.93. The normalized spacial score (nSPS) is 30.2. The number of carboxylic acid groups (broad SMARTS) is 1. The second-order valence-corrected chi connectivity index (χ2v) is 7.98. The number of anilines is 1. The van der Waals surface area contributed by atoms with E-state index in [9.17, 15) is 9.90 Å². The van der Waals surface area contributed by atoms with E-state index in [-0.39, 0.29) is 24.2 Å². The maximum atomic E-state index is 11.6. The molecular formula is C18H25ClN4O4. The smallest absolute Gasteiger partial charge is 0.407 e. The first-order chi connectivity index (χ1) is 13.0. The van der Waals surface area contributed by atoms with Crippen molar-refractivity contribution in [3.05, 3.63) is 11.2 Å². The molecule has 0 spiro atoms. The van der Waals surface area contributed by atoms with Gasteiger partial charge in [-0.25, -0.2) is 9.78 Å². The van der Waals surface area contributed by atoms with Gasteiger partial charge in [-0.15, -0.1) is 0 Å². The lowest BCUT2D eigenvalue weighted by Crippen LogP contribution is -2.58. The molecule has 0 unspecified atom stereocenters. The van der Waals surface area contributed by atoms with Crippen LogP contribution < -0.4 is 9.64 Å². The summed E-state index contributed by atoms with van der Waals surface area (Å²) in [6.45, 7) is 1.25. The van der Waals surface area contributed by atoms with E-state index in [1.165, 1.54) is 0 Å². The van der Waals surface area contributed by atoms with E-state index in [1.807, 2.05) is 11.9 Å². The summed E-state index contributed by atoms with van der Waals surface area (Å²) in [5, 5.41) is 9.87. The summed E-state index contributed by atoms with van der Waals surface area (Å²) >= 11 is 6.20. The molecule has 27 heavy (non-hydrogen) atoms. The number of fused-ring (bicyclic) bond motifs is 2. The molecule has 4 atom stereocenters. The van der Waals surface area contributed by atoms with Gasteiger partial charge in [-0.1, -0.05) is 11.6 Å². The summed E-state index contributed by atoms with van der Waals surface area (Å²) in [5.41, 5.74) is 0. The van der Waals surface area contributed by atoms with Crippen LogP contribution in [0.15, 0.2) is 6.07 Å². The van der Waals surface area contributed by atoms with E-state index in [0.717, 1.165) is 38.5 Å². The van der Waals surface area contributed by atoms with E-state index < -0.39 is 6.09 Å². The van der Waals surface area contributed by atoms with E-state index in [0.29, 0.717) is 30.2 Å². The highest BCUT2D eigenvalue weighted by molar-refractivity contribution is 6.29. The zero-order chi connectivity index (χ0) is 19.0. The maximum Gasteiger partial charge on any atom is 0.407 e. The van der Waals surface area contributed by atoms with Crippen molar-refractivity contribution < 1.29 is 19.4 Å². The highest BCUT2D eigenvalue weighted by atomic mass is 35.5. The van der Waals surface area contributed by atoms with Gasteiger partial charge in [-0.3, -0.25) is 0 Å². The Balaban J connectivity index is 1.50. The number of rotatable bonds is 4. The molecule has 3 saturated heterocycles. The Morgan fingerprint density at radius 3 is 2.70 bits per heavy atom. The van der Waals surface area contributed by atoms with Gasteiger partial charge in [0.2, 0.25) is 11.8 Å². The lowest BCUT2D eigenvalue weighted by molar-refractivity contribution is 0.0351. The van der Waals surface area contributed by atoms with Crippen molar-refractivity contribution in [1.29, 1.82) is 0 Å². The molecule has 3 aliphatic heterocycles. The van der Waals surface area contributed by atoms with Crippen LogP contribution in [0.4, 0.5) is 10.7 Å². The standard InChI is InChI=1S/C18H25ClN4O4/c1-22(13-7-11-3-2-4-12(8-13)23(11)18(24)25)17-20-15(19)9-16(21-17)27-14-5-6-26-10-14/h9,11-14H,2-8,10H2,1H3,(H,24,25)/t11-,12+,13+,14-/m0/s1. The molecule has 0 radical (unpaired) electrons. The number of aromatic nitrogens is 2. The lowest BCUT2D eigenvalue weighted by Gasteiger charge is -2.49. The largest absolute Gasteiger partial charge is 0.472 e. The van der Waals surface area contributed by atoms with Gasteiger partial charge >= 0.3 is 6.09 Å². The van der Waals surface area contributed by atoms with Crippen molar-refractivity contribution >= 4 is 23.6 Å². The predicted octanol–water partition coefficient (Wildman–Crippen LogP) is 2.80. The number of ether oxygens (including phenoxy) is 2. The summed E-state index contributed by atoms with van der Waals surface area (Å²) in [4.78, 5) is 24.2. The minimum Gasteiger partial charge on any atom is -0.472 e. The molecule has 148 valence electrons. The molecule has 0 aromatic carbocycles. The van der Waals surface area contributed by atoms with Crippen molar-refractivity contribution in [2.45, 2.75) is 62.8 Å². The van der Waals surface area contributed by atoms with E-state index in [1.54, 1.807) is 11.0 Å². The minimum absolute atomic E-state index is 0.00714. The third kappa shape index (κ3) is 3.91. The molecule has 3 aliphatic rings. The molecule has 4 rings (SSSR count). The first kappa shape index (κ1) is 18.6. The molecule has 1 aromatic rings. The monoisotopic (exact) mass is 396 g/mol. The van der Waals surface area contributed by atoms with Gasteiger partial charge in [0.05, 0.1) is 13.2 Å². The van der Waals surface area contributed by atoms with E-state index >= 15 is 0 Å². The van der Waals surface area contributed by atoms with Crippen LogP contribution in [0, 0.1) is 0 Å². The first-order valence-corrected chi connectivity index (χ1v) is 9.92. The third-order valence-corrected chi connectivity index (χ3v) is 6.06. The van der Waals surface area contributed by atoms with E-state index in [4.69, 9.17) is 21.1 Å². The van der Waals surface area contributed by atoms with Gasteiger partial charge < -0.3 is 24.4 Å². The van der Waals surface area contributed by atoms with Gasteiger partial charge in [0.25, 0.3) is 0 Å². The SMILES string of the molecule is CN(c1nc(Cl)cc(O[C@H]2CCOC2)n1)[C@H]1C[C@H]2CCC[C@@H](C1)N2C(=O)O. The molecule has 0 aliphatic carbocycles. The molecule has 1 amide bonds. The highest BCUT2D eigenvalue weighted by Gasteiger charge is 2.42. The second kappa shape index (κ2) is 7.67. The van der Waals surface area contributed by atoms with Crippen LogP contribution in [0.2, 0.25) is 5.15 Å². The molecule has 1 N–H and O–H groups in total. The Morgan fingerprint density at radius 1 is 1.33 bits per heavy atom. The third-order valence-electron chi connectivity index (χ3n) is 5.87. The Kier molecular flexibility index (Phi) is 5.27. The van der Waals surface area contributed by atoms with Gasteiger partial charge in [-0.05, 0) is 32.1 Å². The van der Waals surface area contributed by atoms with Gasteiger partial charge in [0.15, 0.2) is 0 Å². The van der Waals surface area contributed by atoms with Crippen LogP contribution >= 0.6 is 11.6 Å². The zero-order valence-electron chi connectivity index (χ0n) is 15.4. The molecule has 1 aromatic heterocycles. The Hall–Kier alpha value is -1.80. The number of hydrogen-bond acceptors (Lipinski definition) is 6. The summed E-state index contributed by atoms with van der Waals surface area (Å²) in [7, 11) is 1.95. The number of nitrogens with zero attached hydrogens (tertiary/aromatic N) is 4. The average Bonchev–Trinajstić information content (AvgIpc) is 3.12. The zero-order valence-corrected chi connectivity index (χ0v) is 16.1. The summed E-state index contributed by atoms with van der Waals surface area (Å²) in [5.74, 6) is 0.971. The number of halogens is 1. The number of carbonyl (C=O) groups is 1. The number of amides is 1. The number of hydrogen-bond donors (Lipinski definition) is 1. The maximum absolute atomic E-state index is 11.6. The van der Waals surface area contributed by atoms with Gasteiger partial charge in [0.1, 0.15) is 11.3 Å². The van der Waals surface area contributed by atoms with Crippen LogP contribution in [0.5, 0.6) is 5.88 Å². The fraction of sp³-hybridized carbons (Fsp3) is 0.722. The average molecular weight is 397 g/mol. The fourth-order valence-electron chi connectivity index (χ4n) is 4.52. The molecular weight excluding hydrogens is 372 g/mol. The Bertz CT molecular complexity index is 686. The van der Waals surface area contributed by atoms with Crippen LogP contribution in [0.1, 0.15) is 38.5 Å². The predicted molar refractivity (Wildman–Crippen MR) is 99.6 cm³/mol. The topological polar surface area (TPSA) is 88.0 Å². The minimum atomic E-state index is -0.806. The summed E-state index contributed by atoms with van der Waals surface area (Å²) < 4.78 is 11.2. The van der Waals surface area contributed by atoms with Crippen molar-refractivity contribution in [3.8, 4) is 5.88 Å². The first-order valence-electron chi connectivity index (χ1n) is 9.54. The molecule has 0 saturated carbocycles. The molecule has 2 bridgehead atoms. The van der Waals surface area contributed by atoms with Crippen LogP contribution in [0.25, 0.3) is 0 Å². The van der Waals surface area contributed by atoms with E-state index in [2.05, 4.69) is 9.97 Å².